The monoisotopic (exact) mass is 347 g/mol. The largest absolute Gasteiger partial charge is 0.350 e. The van der Waals surface area contributed by atoms with Gasteiger partial charge in [0.05, 0.1) is 0 Å². The lowest BCUT2D eigenvalue weighted by atomic mass is 9.97. The molecule has 0 saturated heterocycles. The Bertz CT molecular complexity index is 828. The van der Waals surface area contributed by atoms with Gasteiger partial charge in [-0.3, -0.25) is 9.78 Å². The highest BCUT2D eigenvalue weighted by atomic mass is 16.1. The zero-order valence-electron chi connectivity index (χ0n) is 15.1. The molecule has 0 spiro atoms. The number of nitrogens with zero attached hydrogens (tertiary/aromatic N) is 2. The predicted octanol–water partition coefficient (Wildman–Crippen LogP) is 4.40. The minimum absolute atomic E-state index is 0.0873. The fraction of sp³-hybridized carbons (Fsp3) is 0.364. The van der Waals surface area contributed by atoms with Crippen LogP contribution in [0.5, 0.6) is 0 Å². The number of anilines is 2. The molecule has 4 rings (SSSR count). The minimum atomic E-state index is -0.0873. The van der Waals surface area contributed by atoms with Crippen molar-refractivity contribution < 1.29 is 4.79 Å². The zero-order chi connectivity index (χ0) is 17.8. The topological polar surface area (TPSA) is 45.2 Å². The van der Waals surface area contributed by atoms with E-state index in [2.05, 4.69) is 45.5 Å². The van der Waals surface area contributed by atoms with Gasteiger partial charge in [-0.1, -0.05) is 29.8 Å². The molecule has 2 heterocycles. The molecular formula is C22H25N3O. The first-order valence-corrected chi connectivity index (χ1v) is 9.59. The van der Waals surface area contributed by atoms with Crippen LogP contribution < -0.4 is 10.2 Å². The average molecular weight is 347 g/mol. The number of amides is 1. The van der Waals surface area contributed by atoms with Gasteiger partial charge in [0.25, 0.3) is 5.91 Å². The summed E-state index contributed by atoms with van der Waals surface area (Å²) in [4.78, 5) is 19.0. The van der Waals surface area contributed by atoms with Crippen molar-refractivity contribution in [3.8, 4) is 0 Å². The highest BCUT2D eigenvalue weighted by molar-refractivity contribution is 5.93. The molecule has 0 unspecified atom stereocenters. The first-order chi connectivity index (χ1) is 12.8. The summed E-state index contributed by atoms with van der Waals surface area (Å²) >= 11 is 0. The summed E-state index contributed by atoms with van der Waals surface area (Å²) in [6.45, 7) is 1.63. The smallest absolute Gasteiger partial charge is 0.269 e. The standard InChI is InChI=1S/C22H25N3O/c26-22(24-13-10-17-6-2-1-3-7-17)20-16-19(11-14-23-20)25-15-12-18-8-4-5-9-21(18)25/h4-6,8-9,11,14,16H,1-3,7,10,12-13,15H2,(H,24,26). The van der Waals surface area contributed by atoms with Crippen LogP contribution in [0, 0.1) is 0 Å². The van der Waals surface area contributed by atoms with E-state index in [-0.39, 0.29) is 5.91 Å². The summed E-state index contributed by atoms with van der Waals surface area (Å²) in [6.07, 6.45) is 11.0. The van der Waals surface area contributed by atoms with Crippen molar-refractivity contribution in [2.24, 2.45) is 0 Å². The maximum atomic E-state index is 12.5. The third-order valence-electron chi connectivity index (χ3n) is 5.29. The zero-order valence-corrected chi connectivity index (χ0v) is 15.1. The molecule has 1 aromatic carbocycles. The number of carbonyl (C=O) groups is 1. The van der Waals surface area contributed by atoms with Crippen LogP contribution in [0.1, 0.15) is 48.2 Å². The second kappa shape index (κ2) is 7.73. The Morgan fingerprint density at radius 3 is 2.96 bits per heavy atom. The number of rotatable bonds is 5. The molecule has 0 atom stereocenters. The highest BCUT2D eigenvalue weighted by Gasteiger charge is 2.20. The normalized spacial score (nSPS) is 16.2. The number of allylic oxidation sites excluding steroid dienone is 1. The van der Waals surface area contributed by atoms with Gasteiger partial charge in [0.1, 0.15) is 5.69 Å². The van der Waals surface area contributed by atoms with Crippen LogP contribution in [-0.2, 0) is 6.42 Å². The number of aromatic nitrogens is 1. The molecule has 1 aliphatic carbocycles. The van der Waals surface area contributed by atoms with E-state index in [0.29, 0.717) is 12.2 Å². The summed E-state index contributed by atoms with van der Waals surface area (Å²) in [6, 6.07) is 12.3. The Balaban J connectivity index is 1.41. The number of carbonyl (C=O) groups excluding carboxylic acids is 1. The Morgan fingerprint density at radius 1 is 1.15 bits per heavy atom. The Labute approximate surface area is 154 Å². The van der Waals surface area contributed by atoms with Crippen molar-refractivity contribution in [2.75, 3.05) is 18.0 Å². The van der Waals surface area contributed by atoms with Gasteiger partial charge in [0.2, 0.25) is 0 Å². The van der Waals surface area contributed by atoms with Crippen molar-refractivity contribution in [1.29, 1.82) is 0 Å². The number of hydrogen-bond acceptors (Lipinski definition) is 3. The quantitative estimate of drug-likeness (QED) is 0.816. The lowest BCUT2D eigenvalue weighted by molar-refractivity contribution is 0.0949. The predicted molar refractivity (Wildman–Crippen MR) is 105 cm³/mol. The number of benzene rings is 1. The van der Waals surface area contributed by atoms with E-state index in [9.17, 15) is 4.79 Å². The van der Waals surface area contributed by atoms with Gasteiger partial charge in [-0.05, 0) is 62.3 Å². The second-order valence-corrected chi connectivity index (χ2v) is 7.04. The van der Waals surface area contributed by atoms with E-state index in [0.717, 1.165) is 25.1 Å². The van der Waals surface area contributed by atoms with Gasteiger partial charge in [0, 0.05) is 30.7 Å². The fourth-order valence-corrected chi connectivity index (χ4v) is 3.88. The maximum Gasteiger partial charge on any atom is 0.269 e. The summed E-state index contributed by atoms with van der Waals surface area (Å²) in [5.74, 6) is -0.0873. The molecule has 2 aliphatic rings. The fourth-order valence-electron chi connectivity index (χ4n) is 3.88. The molecule has 4 heteroatoms. The van der Waals surface area contributed by atoms with Gasteiger partial charge in [-0.15, -0.1) is 0 Å². The van der Waals surface area contributed by atoms with Crippen LogP contribution >= 0.6 is 0 Å². The van der Waals surface area contributed by atoms with Crippen molar-refractivity contribution in [3.63, 3.8) is 0 Å². The highest BCUT2D eigenvalue weighted by Crippen LogP contribution is 2.34. The maximum absolute atomic E-state index is 12.5. The average Bonchev–Trinajstić information content (AvgIpc) is 3.13. The van der Waals surface area contributed by atoms with Gasteiger partial charge in [-0.2, -0.15) is 0 Å². The number of para-hydroxylation sites is 1. The molecule has 1 aromatic heterocycles. The lowest BCUT2D eigenvalue weighted by Crippen LogP contribution is -2.26. The lowest BCUT2D eigenvalue weighted by Gasteiger charge is -2.20. The van der Waals surface area contributed by atoms with Crippen LogP contribution in [0.2, 0.25) is 0 Å². The van der Waals surface area contributed by atoms with Crippen molar-refractivity contribution in [1.82, 2.24) is 10.3 Å². The van der Waals surface area contributed by atoms with Gasteiger partial charge in [0.15, 0.2) is 0 Å². The molecule has 0 saturated carbocycles. The minimum Gasteiger partial charge on any atom is -0.350 e. The van der Waals surface area contributed by atoms with Crippen LogP contribution in [0.25, 0.3) is 0 Å². The third kappa shape index (κ3) is 3.64. The van der Waals surface area contributed by atoms with E-state index < -0.39 is 0 Å². The Hall–Kier alpha value is -2.62. The van der Waals surface area contributed by atoms with Gasteiger partial charge in [-0.25, -0.2) is 0 Å². The molecule has 0 radical (unpaired) electrons. The van der Waals surface area contributed by atoms with Crippen LogP contribution in [0.4, 0.5) is 11.4 Å². The van der Waals surface area contributed by atoms with Gasteiger partial charge >= 0.3 is 0 Å². The van der Waals surface area contributed by atoms with Crippen LogP contribution in [-0.4, -0.2) is 24.0 Å². The van der Waals surface area contributed by atoms with E-state index in [1.807, 2.05) is 12.1 Å². The molecule has 0 bridgehead atoms. The molecule has 26 heavy (non-hydrogen) atoms. The molecule has 2 aromatic rings. The number of hydrogen-bond donors (Lipinski definition) is 1. The Kier molecular flexibility index (Phi) is 5.00. The third-order valence-corrected chi connectivity index (χ3v) is 5.29. The summed E-state index contributed by atoms with van der Waals surface area (Å²) in [7, 11) is 0. The van der Waals surface area contributed by atoms with Crippen LogP contribution in [0.15, 0.2) is 54.2 Å². The number of fused-ring (bicyclic) bond motifs is 1. The first-order valence-electron chi connectivity index (χ1n) is 9.59. The van der Waals surface area contributed by atoms with Crippen molar-refractivity contribution >= 4 is 17.3 Å². The first kappa shape index (κ1) is 16.8. The second-order valence-electron chi connectivity index (χ2n) is 7.04. The van der Waals surface area contributed by atoms with Gasteiger partial charge < -0.3 is 10.2 Å². The molecule has 1 amide bonds. The number of pyridine rings is 1. The van der Waals surface area contributed by atoms with E-state index in [1.165, 1.54) is 42.5 Å². The summed E-state index contributed by atoms with van der Waals surface area (Å²) in [5.41, 5.74) is 5.59. The molecular weight excluding hydrogens is 322 g/mol. The summed E-state index contributed by atoms with van der Waals surface area (Å²) in [5, 5.41) is 3.02. The molecule has 0 fully saturated rings. The molecule has 1 aliphatic heterocycles. The SMILES string of the molecule is O=C(NCCC1=CCCCC1)c1cc(N2CCc3ccccc32)ccn1. The van der Waals surface area contributed by atoms with E-state index >= 15 is 0 Å². The molecule has 1 N–H and O–H groups in total. The number of nitrogens with one attached hydrogen (secondary N) is 1. The summed E-state index contributed by atoms with van der Waals surface area (Å²) < 4.78 is 0. The van der Waals surface area contributed by atoms with Crippen molar-refractivity contribution in [2.45, 2.75) is 38.5 Å². The van der Waals surface area contributed by atoms with E-state index in [4.69, 9.17) is 0 Å². The molecule has 134 valence electrons. The van der Waals surface area contributed by atoms with E-state index in [1.54, 1.807) is 6.20 Å². The van der Waals surface area contributed by atoms with Crippen LogP contribution in [0.3, 0.4) is 0 Å². The van der Waals surface area contributed by atoms with Crippen molar-refractivity contribution in [3.05, 3.63) is 65.5 Å². The Morgan fingerprint density at radius 2 is 2.08 bits per heavy atom. The molecule has 4 nitrogen and oxygen atoms in total.